The SMILES string of the molecule is C=CCCCOc1ccc(C=O)cc1F. The van der Waals surface area contributed by atoms with Gasteiger partial charge in [0, 0.05) is 5.56 Å². The number of ether oxygens (including phenoxy) is 1. The summed E-state index contributed by atoms with van der Waals surface area (Å²) >= 11 is 0. The molecule has 0 amide bonds. The van der Waals surface area contributed by atoms with Crippen molar-refractivity contribution in [3.63, 3.8) is 0 Å². The van der Waals surface area contributed by atoms with Gasteiger partial charge in [-0.1, -0.05) is 6.08 Å². The Kier molecular flexibility index (Phi) is 4.54. The lowest BCUT2D eigenvalue weighted by molar-refractivity contribution is 0.112. The van der Waals surface area contributed by atoms with Gasteiger partial charge in [-0.2, -0.15) is 0 Å². The second-order valence-corrected chi connectivity index (χ2v) is 3.09. The molecule has 0 atom stereocenters. The number of unbranched alkanes of at least 4 members (excludes halogenated alkanes) is 1. The smallest absolute Gasteiger partial charge is 0.165 e. The van der Waals surface area contributed by atoms with Gasteiger partial charge in [-0.05, 0) is 31.0 Å². The summed E-state index contributed by atoms with van der Waals surface area (Å²) in [6.45, 7) is 4.02. The zero-order valence-corrected chi connectivity index (χ0v) is 8.41. The third-order valence-corrected chi connectivity index (χ3v) is 1.90. The molecule has 80 valence electrons. The minimum Gasteiger partial charge on any atom is -0.491 e. The van der Waals surface area contributed by atoms with Crippen molar-refractivity contribution in [2.75, 3.05) is 6.61 Å². The Labute approximate surface area is 88.4 Å². The largest absolute Gasteiger partial charge is 0.491 e. The first-order chi connectivity index (χ1) is 7.27. The third kappa shape index (κ3) is 3.54. The first-order valence-corrected chi connectivity index (χ1v) is 4.76. The average molecular weight is 208 g/mol. The maximum Gasteiger partial charge on any atom is 0.165 e. The van der Waals surface area contributed by atoms with Crippen molar-refractivity contribution in [2.24, 2.45) is 0 Å². The molecule has 0 saturated heterocycles. The molecule has 0 spiro atoms. The fourth-order valence-corrected chi connectivity index (χ4v) is 1.12. The van der Waals surface area contributed by atoms with Crippen molar-refractivity contribution in [3.8, 4) is 5.75 Å². The van der Waals surface area contributed by atoms with Gasteiger partial charge in [-0.15, -0.1) is 6.58 Å². The van der Waals surface area contributed by atoms with Crippen LogP contribution in [-0.2, 0) is 0 Å². The monoisotopic (exact) mass is 208 g/mol. The number of benzene rings is 1. The zero-order chi connectivity index (χ0) is 11.1. The topological polar surface area (TPSA) is 26.3 Å². The number of halogens is 1. The van der Waals surface area contributed by atoms with Crippen molar-refractivity contribution >= 4 is 6.29 Å². The van der Waals surface area contributed by atoms with Gasteiger partial charge >= 0.3 is 0 Å². The number of rotatable bonds is 6. The van der Waals surface area contributed by atoms with Crippen LogP contribution in [0.4, 0.5) is 4.39 Å². The minimum absolute atomic E-state index is 0.185. The second-order valence-electron chi connectivity index (χ2n) is 3.09. The van der Waals surface area contributed by atoms with E-state index in [1.165, 1.54) is 12.1 Å². The lowest BCUT2D eigenvalue weighted by atomic mass is 10.2. The zero-order valence-electron chi connectivity index (χ0n) is 8.41. The molecule has 0 aliphatic carbocycles. The standard InChI is InChI=1S/C12H13FO2/c1-2-3-4-7-15-12-6-5-10(9-14)8-11(12)13/h2,5-6,8-9H,1,3-4,7H2. The van der Waals surface area contributed by atoms with E-state index in [4.69, 9.17) is 4.74 Å². The van der Waals surface area contributed by atoms with Crippen molar-refractivity contribution in [1.82, 2.24) is 0 Å². The highest BCUT2D eigenvalue weighted by Gasteiger charge is 2.03. The fourth-order valence-electron chi connectivity index (χ4n) is 1.12. The van der Waals surface area contributed by atoms with Crippen LogP contribution >= 0.6 is 0 Å². The molecule has 0 unspecified atom stereocenters. The number of allylic oxidation sites excluding steroid dienone is 1. The number of carbonyl (C=O) groups excluding carboxylic acids is 1. The van der Waals surface area contributed by atoms with Crippen molar-refractivity contribution < 1.29 is 13.9 Å². The summed E-state index contributed by atoms with van der Waals surface area (Å²) in [4.78, 5) is 10.4. The van der Waals surface area contributed by atoms with Gasteiger partial charge in [0.1, 0.15) is 6.29 Å². The Morgan fingerprint density at radius 1 is 1.47 bits per heavy atom. The Morgan fingerprint density at radius 2 is 2.27 bits per heavy atom. The number of aldehydes is 1. The van der Waals surface area contributed by atoms with E-state index in [2.05, 4.69) is 6.58 Å². The van der Waals surface area contributed by atoms with Gasteiger partial charge in [-0.3, -0.25) is 4.79 Å². The molecular formula is C12H13FO2. The van der Waals surface area contributed by atoms with E-state index in [-0.39, 0.29) is 5.75 Å². The van der Waals surface area contributed by atoms with E-state index >= 15 is 0 Å². The summed E-state index contributed by atoms with van der Waals surface area (Å²) in [6.07, 6.45) is 4.03. The van der Waals surface area contributed by atoms with Crippen LogP contribution in [0.2, 0.25) is 0 Å². The fraction of sp³-hybridized carbons (Fsp3) is 0.250. The summed E-state index contributed by atoms with van der Waals surface area (Å²) < 4.78 is 18.4. The number of carbonyl (C=O) groups is 1. The predicted molar refractivity (Wildman–Crippen MR) is 56.7 cm³/mol. The third-order valence-electron chi connectivity index (χ3n) is 1.90. The molecule has 0 fully saturated rings. The highest BCUT2D eigenvalue weighted by Crippen LogP contribution is 2.17. The summed E-state index contributed by atoms with van der Waals surface area (Å²) in [5.74, 6) is -0.317. The lowest BCUT2D eigenvalue weighted by Crippen LogP contribution is -1.99. The Bertz CT molecular complexity index is 347. The summed E-state index contributed by atoms with van der Waals surface area (Å²) in [5, 5.41) is 0. The predicted octanol–water partition coefficient (Wildman–Crippen LogP) is 2.98. The summed E-state index contributed by atoms with van der Waals surface area (Å²) in [7, 11) is 0. The van der Waals surface area contributed by atoms with Gasteiger partial charge in [-0.25, -0.2) is 4.39 Å². The van der Waals surface area contributed by atoms with Crippen LogP contribution < -0.4 is 4.74 Å². The molecule has 1 aromatic carbocycles. The van der Waals surface area contributed by atoms with Crippen LogP contribution in [0.15, 0.2) is 30.9 Å². The number of hydrogen-bond acceptors (Lipinski definition) is 2. The molecule has 15 heavy (non-hydrogen) atoms. The molecule has 0 aromatic heterocycles. The highest BCUT2D eigenvalue weighted by atomic mass is 19.1. The molecule has 0 radical (unpaired) electrons. The molecule has 0 aliphatic heterocycles. The van der Waals surface area contributed by atoms with Crippen molar-refractivity contribution in [1.29, 1.82) is 0 Å². The molecule has 1 aromatic rings. The lowest BCUT2D eigenvalue weighted by Gasteiger charge is -2.06. The normalized spacial score (nSPS) is 9.67. The minimum atomic E-state index is -0.502. The summed E-state index contributed by atoms with van der Waals surface area (Å²) in [5.41, 5.74) is 0.311. The van der Waals surface area contributed by atoms with Crippen LogP contribution in [-0.4, -0.2) is 12.9 Å². The molecule has 0 saturated carbocycles. The van der Waals surface area contributed by atoms with E-state index in [0.717, 1.165) is 18.9 Å². The molecule has 3 heteroatoms. The Balaban J connectivity index is 2.54. The summed E-state index contributed by atoms with van der Waals surface area (Å²) in [6, 6.07) is 4.15. The van der Waals surface area contributed by atoms with Gasteiger partial charge in [0.15, 0.2) is 11.6 Å². The highest BCUT2D eigenvalue weighted by molar-refractivity contribution is 5.74. The average Bonchev–Trinajstić information content (AvgIpc) is 2.26. The van der Waals surface area contributed by atoms with Crippen LogP contribution in [0.5, 0.6) is 5.75 Å². The first-order valence-electron chi connectivity index (χ1n) is 4.76. The van der Waals surface area contributed by atoms with E-state index < -0.39 is 5.82 Å². The van der Waals surface area contributed by atoms with E-state index in [1.807, 2.05) is 0 Å². The van der Waals surface area contributed by atoms with E-state index in [9.17, 15) is 9.18 Å². The quantitative estimate of drug-likeness (QED) is 0.408. The molecule has 0 N–H and O–H groups in total. The molecule has 0 heterocycles. The van der Waals surface area contributed by atoms with Gasteiger partial charge in [0.05, 0.1) is 6.61 Å². The van der Waals surface area contributed by atoms with Crippen molar-refractivity contribution in [3.05, 3.63) is 42.2 Å². The van der Waals surface area contributed by atoms with E-state index in [1.54, 1.807) is 6.08 Å². The number of hydrogen-bond donors (Lipinski definition) is 0. The molecular weight excluding hydrogens is 195 g/mol. The van der Waals surface area contributed by atoms with Gasteiger partial charge < -0.3 is 4.74 Å². The molecule has 0 bridgehead atoms. The van der Waals surface area contributed by atoms with Crippen LogP contribution in [0.3, 0.4) is 0 Å². The van der Waals surface area contributed by atoms with Gasteiger partial charge in [0.25, 0.3) is 0 Å². The second kappa shape index (κ2) is 5.96. The molecule has 2 nitrogen and oxygen atoms in total. The maximum atomic E-state index is 13.2. The Morgan fingerprint density at radius 3 is 2.87 bits per heavy atom. The van der Waals surface area contributed by atoms with Crippen LogP contribution in [0, 0.1) is 5.82 Å². The van der Waals surface area contributed by atoms with Gasteiger partial charge in [0.2, 0.25) is 0 Å². The molecule has 0 aliphatic rings. The molecule has 1 rings (SSSR count). The van der Waals surface area contributed by atoms with Crippen LogP contribution in [0.1, 0.15) is 23.2 Å². The maximum absolute atomic E-state index is 13.2. The van der Waals surface area contributed by atoms with Crippen molar-refractivity contribution in [2.45, 2.75) is 12.8 Å². The Hall–Kier alpha value is -1.64. The van der Waals surface area contributed by atoms with Crippen LogP contribution in [0.25, 0.3) is 0 Å². The first kappa shape index (κ1) is 11.4. The van der Waals surface area contributed by atoms with E-state index in [0.29, 0.717) is 18.5 Å².